The van der Waals surface area contributed by atoms with Gasteiger partial charge in [-0.2, -0.15) is 9.78 Å². The molecular weight excluding hydrogens is 451 g/mol. The zero-order valence-corrected chi connectivity index (χ0v) is 18.6. The molecule has 2 aliphatic rings. The lowest BCUT2D eigenvalue weighted by atomic mass is 10.1. The Balaban J connectivity index is 1.26. The molecule has 0 spiro atoms. The topological polar surface area (TPSA) is 67.7 Å². The first-order valence-electron chi connectivity index (χ1n) is 10.3. The summed E-state index contributed by atoms with van der Waals surface area (Å²) >= 11 is 12.5. The molecule has 0 aliphatic carbocycles. The van der Waals surface area contributed by atoms with Crippen LogP contribution in [0.15, 0.2) is 59.5 Å². The second kappa shape index (κ2) is 8.48. The van der Waals surface area contributed by atoms with Crippen molar-refractivity contribution in [1.29, 1.82) is 0 Å². The minimum Gasteiger partial charge on any atom is -0.480 e. The number of hydrogen-bond acceptors (Lipinski definition) is 5. The zero-order chi connectivity index (χ0) is 22.2. The number of carbonyl (C=O) groups is 1. The van der Waals surface area contributed by atoms with E-state index >= 15 is 0 Å². The Kier molecular flexibility index (Phi) is 5.53. The van der Waals surface area contributed by atoms with E-state index in [0.29, 0.717) is 54.7 Å². The van der Waals surface area contributed by atoms with Gasteiger partial charge in [-0.3, -0.25) is 9.59 Å². The number of benzene rings is 2. The minimum atomic E-state index is -0.532. The summed E-state index contributed by atoms with van der Waals surface area (Å²) in [6, 6.07) is 14.5. The van der Waals surface area contributed by atoms with Gasteiger partial charge in [0.15, 0.2) is 6.10 Å². The maximum absolute atomic E-state index is 13.0. The molecule has 0 N–H and O–H groups in total. The van der Waals surface area contributed by atoms with Crippen LogP contribution in [0, 0.1) is 0 Å². The normalized spacial score (nSPS) is 17.8. The molecule has 0 bridgehead atoms. The molecule has 164 valence electrons. The molecule has 3 aromatic rings. The van der Waals surface area contributed by atoms with E-state index in [1.807, 2.05) is 29.2 Å². The first kappa shape index (κ1) is 20.8. The van der Waals surface area contributed by atoms with Gasteiger partial charge in [-0.1, -0.05) is 41.4 Å². The number of anilines is 1. The highest BCUT2D eigenvalue weighted by Gasteiger charge is 2.34. The second-order valence-corrected chi connectivity index (χ2v) is 8.59. The van der Waals surface area contributed by atoms with Gasteiger partial charge < -0.3 is 14.5 Å². The third kappa shape index (κ3) is 3.82. The quantitative estimate of drug-likeness (QED) is 0.587. The number of carbonyl (C=O) groups excluding carboxylic acids is 1. The van der Waals surface area contributed by atoms with E-state index in [4.69, 9.17) is 27.9 Å². The van der Waals surface area contributed by atoms with E-state index in [9.17, 15) is 9.59 Å². The Morgan fingerprint density at radius 2 is 1.78 bits per heavy atom. The van der Waals surface area contributed by atoms with Crippen molar-refractivity contribution in [3.8, 4) is 11.4 Å². The fraction of sp³-hybridized carbons (Fsp3) is 0.261. The smallest absolute Gasteiger partial charge is 0.292 e. The van der Waals surface area contributed by atoms with Crippen LogP contribution in [-0.4, -0.2) is 52.9 Å². The number of aromatic nitrogens is 2. The average molecular weight is 471 g/mol. The molecule has 0 radical (unpaired) electrons. The number of para-hydroxylation sites is 1. The third-order valence-electron chi connectivity index (χ3n) is 5.81. The number of ether oxygens (including phenoxy) is 1. The number of rotatable bonds is 3. The van der Waals surface area contributed by atoms with Crippen molar-refractivity contribution < 1.29 is 9.53 Å². The van der Waals surface area contributed by atoms with Crippen molar-refractivity contribution in [1.82, 2.24) is 14.7 Å². The molecule has 1 aromatic heterocycles. The van der Waals surface area contributed by atoms with Crippen molar-refractivity contribution in [3.05, 3.63) is 80.7 Å². The van der Waals surface area contributed by atoms with Crippen LogP contribution >= 0.6 is 23.2 Å². The van der Waals surface area contributed by atoms with Gasteiger partial charge in [0.05, 0.1) is 17.6 Å². The van der Waals surface area contributed by atoms with E-state index in [-0.39, 0.29) is 16.5 Å². The van der Waals surface area contributed by atoms with Crippen LogP contribution in [0.1, 0.15) is 5.56 Å². The molecular formula is C23H20Cl2N4O3. The van der Waals surface area contributed by atoms with Crippen molar-refractivity contribution in [3.63, 3.8) is 0 Å². The van der Waals surface area contributed by atoms with E-state index in [0.717, 1.165) is 5.56 Å². The summed E-state index contributed by atoms with van der Waals surface area (Å²) < 4.78 is 7.12. The predicted octanol–water partition coefficient (Wildman–Crippen LogP) is 3.19. The predicted molar refractivity (Wildman–Crippen MR) is 123 cm³/mol. The largest absolute Gasteiger partial charge is 0.480 e. The van der Waals surface area contributed by atoms with Crippen molar-refractivity contribution >= 4 is 34.8 Å². The Morgan fingerprint density at radius 3 is 2.53 bits per heavy atom. The number of piperazine rings is 1. The molecule has 1 unspecified atom stereocenters. The van der Waals surface area contributed by atoms with Gasteiger partial charge in [-0.15, -0.1) is 0 Å². The lowest BCUT2D eigenvalue weighted by molar-refractivity contribution is -0.138. The van der Waals surface area contributed by atoms with E-state index < -0.39 is 6.10 Å². The Labute approximate surface area is 194 Å². The number of fused-ring (bicyclic) bond motifs is 1. The monoisotopic (exact) mass is 470 g/mol. The Bertz CT molecular complexity index is 1220. The molecule has 1 amide bonds. The van der Waals surface area contributed by atoms with Crippen LogP contribution in [-0.2, 0) is 11.2 Å². The SMILES string of the molecule is O=C(C1Cc2cc(Cl)ccc2O1)N1CCN(c2cnn(-c3ccccc3)c(=O)c2Cl)CC1. The van der Waals surface area contributed by atoms with Gasteiger partial charge in [0.2, 0.25) is 0 Å². The van der Waals surface area contributed by atoms with Gasteiger partial charge in [0.25, 0.3) is 11.5 Å². The van der Waals surface area contributed by atoms with E-state index in [1.54, 1.807) is 35.4 Å². The van der Waals surface area contributed by atoms with Gasteiger partial charge in [0.1, 0.15) is 10.8 Å². The van der Waals surface area contributed by atoms with Gasteiger partial charge in [0, 0.05) is 37.6 Å². The summed E-state index contributed by atoms with van der Waals surface area (Å²) in [7, 11) is 0. The van der Waals surface area contributed by atoms with Crippen molar-refractivity contribution in [2.45, 2.75) is 12.5 Å². The van der Waals surface area contributed by atoms with Gasteiger partial charge in [-0.05, 0) is 35.9 Å². The molecule has 1 fully saturated rings. The molecule has 32 heavy (non-hydrogen) atoms. The molecule has 0 saturated carbocycles. The highest BCUT2D eigenvalue weighted by atomic mass is 35.5. The Hall–Kier alpha value is -3.03. The standard InChI is InChI=1S/C23H20Cl2N4O3/c24-16-6-7-19-15(12-16)13-20(32-19)22(30)28-10-8-27(9-11-28)18-14-26-29(23(31)21(18)25)17-4-2-1-3-5-17/h1-7,12,14,20H,8-11,13H2. The summed E-state index contributed by atoms with van der Waals surface area (Å²) in [6.07, 6.45) is 1.59. The molecule has 3 heterocycles. The fourth-order valence-electron chi connectivity index (χ4n) is 4.12. The van der Waals surface area contributed by atoms with Crippen molar-refractivity contribution in [2.75, 3.05) is 31.1 Å². The first-order valence-corrected chi connectivity index (χ1v) is 11.1. The highest BCUT2D eigenvalue weighted by molar-refractivity contribution is 6.33. The maximum Gasteiger partial charge on any atom is 0.292 e. The fourth-order valence-corrected chi connectivity index (χ4v) is 4.57. The Morgan fingerprint density at radius 1 is 1.03 bits per heavy atom. The van der Waals surface area contributed by atoms with Crippen LogP contribution in [0.3, 0.4) is 0 Å². The van der Waals surface area contributed by atoms with Gasteiger partial charge in [-0.25, -0.2) is 0 Å². The molecule has 5 rings (SSSR count). The molecule has 1 saturated heterocycles. The molecule has 7 nitrogen and oxygen atoms in total. The van der Waals surface area contributed by atoms with E-state index in [2.05, 4.69) is 5.10 Å². The molecule has 9 heteroatoms. The van der Waals surface area contributed by atoms with Gasteiger partial charge >= 0.3 is 0 Å². The third-order valence-corrected chi connectivity index (χ3v) is 6.40. The average Bonchev–Trinajstić information content (AvgIpc) is 3.24. The summed E-state index contributed by atoms with van der Waals surface area (Å²) in [5, 5.41) is 5.05. The summed E-state index contributed by atoms with van der Waals surface area (Å²) in [5.74, 6) is 0.670. The summed E-state index contributed by atoms with van der Waals surface area (Å²) in [5.41, 5.74) is 1.81. The molecule has 2 aromatic carbocycles. The van der Waals surface area contributed by atoms with Crippen molar-refractivity contribution in [2.24, 2.45) is 0 Å². The van der Waals surface area contributed by atoms with E-state index in [1.165, 1.54) is 4.68 Å². The first-order chi connectivity index (χ1) is 15.5. The summed E-state index contributed by atoms with van der Waals surface area (Å²) in [6.45, 7) is 2.11. The highest BCUT2D eigenvalue weighted by Crippen LogP contribution is 2.32. The number of halogens is 2. The van der Waals surface area contributed by atoms with Crippen LogP contribution < -0.4 is 15.2 Å². The van der Waals surface area contributed by atoms with Crippen LogP contribution in [0.25, 0.3) is 5.69 Å². The molecule has 2 aliphatic heterocycles. The van der Waals surface area contributed by atoms with Crippen LogP contribution in [0.4, 0.5) is 5.69 Å². The van der Waals surface area contributed by atoms with Crippen LogP contribution in [0.2, 0.25) is 10.0 Å². The minimum absolute atomic E-state index is 0.0410. The lowest BCUT2D eigenvalue weighted by Gasteiger charge is -2.37. The zero-order valence-electron chi connectivity index (χ0n) is 17.1. The number of amides is 1. The molecule has 1 atom stereocenters. The summed E-state index contributed by atoms with van der Waals surface area (Å²) in [4.78, 5) is 29.5. The maximum atomic E-state index is 13.0. The lowest BCUT2D eigenvalue weighted by Crippen LogP contribution is -2.52. The second-order valence-electron chi connectivity index (χ2n) is 7.77. The number of nitrogens with zero attached hydrogens (tertiary/aromatic N) is 4. The number of hydrogen-bond donors (Lipinski definition) is 0. The van der Waals surface area contributed by atoms with Crippen LogP contribution in [0.5, 0.6) is 5.75 Å².